The summed E-state index contributed by atoms with van der Waals surface area (Å²) in [5.41, 5.74) is 1.99. The highest BCUT2D eigenvalue weighted by Crippen LogP contribution is 2.26. The summed E-state index contributed by atoms with van der Waals surface area (Å²) >= 11 is 1.34. The molecule has 138 valence electrons. The van der Waals surface area contributed by atoms with Crippen molar-refractivity contribution >= 4 is 28.1 Å². The van der Waals surface area contributed by atoms with Crippen LogP contribution in [0, 0.1) is 22.9 Å². The number of hydrogen-bond acceptors (Lipinski definition) is 5. The number of carbonyl (C=O) groups excluding carboxylic acids is 1. The standard InChI is InChI=1S/C19H16FN3O3S/c1-12-17(10-13-6-8-15(20)9-7-13)27-19(21-12)22-18(24)11-14-4-2-3-5-16(14)23(25)26/h2-9H,10-11H2,1H3,(H,21,22,24). The number of benzene rings is 2. The van der Waals surface area contributed by atoms with Gasteiger partial charge in [0.15, 0.2) is 5.13 Å². The number of amides is 1. The first-order valence-electron chi connectivity index (χ1n) is 8.15. The Morgan fingerprint density at radius 1 is 1.22 bits per heavy atom. The molecule has 0 aliphatic heterocycles. The smallest absolute Gasteiger partial charge is 0.273 e. The van der Waals surface area contributed by atoms with Crippen molar-refractivity contribution in [2.45, 2.75) is 19.8 Å². The number of anilines is 1. The van der Waals surface area contributed by atoms with Gasteiger partial charge in [-0.3, -0.25) is 14.9 Å². The molecule has 1 N–H and O–H groups in total. The van der Waals surface area contributed by atoms with Crippen LogP contribution in [0.5, 0.6) is 0 Å². The van der Waals surface area contributed by atoms with E-state index in [4.69, 9.17) is 0 Å². The van der Waals surface area contributed by atoms with Gasteiger partial charge in [0, 0.05) is 22.9 Å². The number of halogens is 1. The van der Waals surface area contributed by atoms with Gasteiger partial charge in [0.2, 0.25) is 5.91 Å². The molecule has 0 fully saturated rings. The van der Waals surface area contributed by atoms with Gasteiger partial charge >= 0.3 is 0 Å². The number of aromatic nitrogens is 1. The van der Waals surface area contributed by atoms with E-state index in [1.54, 1.807) is 30.3 Å². The summed E-state index contributed by atoms with van der Waals surface area (Å²) in [5.74, 6) is -0.658. The summed E-state index contributed by atoms with van der Waals surface area (Å²) in [4.78, 5) is 28.1. The van der Waals surface area contributed by atoms with Crippen LogP contribution in [0.15, 0.2) is 48.5 Å². The van der Waals surface area contributed by atoms with Crippen molar-refractivity contribution in [1.29, 1.82) is 0 Å². The van der Waals surface area contributed by atoms with Crippen molar-refractivity contribution < 1.29 is 14.1 Å². The minimum Gasteiger partial charge on any atom is -0.302 e. The van der Waals surface area contributed by atoms with Crippen molar-refractivity contribution in [3.63, 3.8) is 0 Å². The van der Waals surface area contributed by atoms with E-state index in [2.05, 4.69) is 10.3 Å². The number of nitrogens with one attached hydrogen (secondary N) is 1. The molecule has 1 heterocycles. The molecule has 3 aromatic rings. The van der Waals surface area contributed by atoms with Crippen LogP contribution in [0.25, 0.3) is 0 Å². The highest BCUT2D eigenvalue weighted by Gasteiger charge is 2.17. The number of rotatable bonds is 6. The second-order valence-corrected chi connectivity index (χ2v) is 7.03. The molecule has 8 heteroatoms. The average molecular weight is 385 g/mol. The van der Waals surface area contributed by atoms with E-state index in [1.165, 1.54) is 29.5 Å². The zero-order valence-corrected chi connectivity index (χ0v) is 15.3. The molecule has 0 bridgehead atoms. The third-order valence-corrected chi connectivity index (χ3v) is 5.03. The Labute approximate surface area is 158 Å². The van der Waals surface area contributed by atoms with Crippen molar-refractivity contribution in [1.82, 2.24) is 4.98 Å². The topological polar surface area (TPSA) is 85.1 Å². The molecule has 2 aromatic carbocycles. The van der Waals surface area contributed by atoms with Gasteiger partial charge in [-0.15, -0.1) is 11.3 Å². The largest absolute Gasteiger partial charge is 0.302 e. The molecular formula is C19H16FN3O3S. The summed E-state index contributed by atoms with van der Waals surface area (Å²) < 4.78 is 13.0. The third-order valence-electron chi connectivity index (χ3n) is 3.96. The van der Waals surface area contributed by atoms with Gasteiger partial charge in [0.05, 0.1) is 17.0 Å². The van der Waals surface area contributed by atoms with Crippen LogP contribution in [0.3, 0.4) is 0 Å². The van der Waals surface area contributed by atoms with E-state index in [0.29, 0.717) is 17.1 Å². The highest BCUT2D eigenvalue weighted by atomic mass is 32.1. The minimum absolute atomic E-state index is 0.0834. The normalized spacial score (nSPS) is 10.6. The molecule has 0 atom stereocenters. The first-order chi connectivity index (χ1) is 12.9. The molecule has 0 unspecified atom stereocenters. The lowest BCUT2D eigenvalue weighted by Crippen LogP contribution is -2.15. The summed E-state index contributed by atoms with van der Waals surface area (Å²) in [7, 11) is 0. The lowest BCUT2D eigenvalue weighted by atomic mass is 10.1. The Bertz CT molecular complexity index is 986. The molecule has 1 aromatic heterocycles. The molecule has 0 spiro atoms. The first kappa shape index (κ1) is 18.7. The number of carbonyl (C=O) groups is 1. The Balaban J connectivity index is 1.68. The van der Waals surface area contributed by atoms with Crippen LogP contribution < -0.4 is 5.32 Å². The Kier molecular flexibility index (Phi) is 5.56. The van der Waals surface area contributed by atoms with Crippen LogP contribution in [0.4, 0.5) is 15.2 Å². The van der Waals surface area contributed by atoms with Gasteiger partial charge in [-0.2, -0.15) is 0 Å². The first-order valence-corrected chi connectivity index (χ1v) is 8.97. The maximum Gasteiger partial charge on any atom is 0.273 e. The number of nitro benzene ring substituents is 1. The maximum atomic E-state index is 13.0. The predicted molar refractivity (Wildman–Crippen MR) is 101 cm³/mol. The summed E-state index contributed by atoms with van der Waals surface area (Å²) in [5, 5.41) is 14.2. The van der Waals surface area contributed by atoms with Crippen LogP contribution >= 0.6 is 11.3 Å². The number of nitro groups is 1. The van der Waals surface area contributed by atoms with E-state index in [0.717, 1.165) is 16.1 Å². The van der Waals surface area contributed by atoms with Crippen LogP contribution in [0.1, 0.15) is 21.7 Å². The van der Waals surface area contributed by atoms with Crippen molar-refractivity contribution in [3.05, 3.63) is 86.2 Å². The van der Waals surface area contributed by atoms with Crippen LogP contribution in [-0.2, 0) is 17.6 Å². The summed E-state index contributed by atoms with van der Waals surface area (Å²) in [6.07, 6.45) is 0.479. The average Bonchev–Trinajstić information content (AvgIpc) is 2.96. The Morgan fingerprint density at radius 3 is 2.63 bits per heavy atom. The van der Waals surface area contributed by atoms with Gasteiger partial charge in [0.1, 0.15) is 5.82 Å². The zero-order valence-electron chi connectivity index (χ0n) is 14.4. The zero-order chi connectivity index (χ0) is 19.4. The van der Waals surface area contributed by atoms with Crippen molar-refractivity contribution in [2.24, 2.45) is 0 Å². The Hall–Kier alpha value is -3.13. The summed E-state index contributed by atoms with van der Waals surface area (Å²) in [6.45, 7) is 1.84. The van der Waals surface area contributed by atoms with Gasteiger partial charge in [-0.05, 0) is 24.6 Å². The van der Waals surface area contributed by atoms with E-state index < -0.39 is 4.92 Å². The van der Waals surface area contributed by atoms with Gasteiger partial charge < -0.3 is 5.32 Å². The van der Waals surface area contributed by atoms with E-state index in [1.807, 2.05) is 6.92 Å². The van der Waals surface area contributed by atoms with E-state index in [9.17, 15) is 19.3 Å². The molecule has 1 amide bonds. The number of hydrogen-bond donors (Lipinski definition) is 1. The van der Waals surface area contributed by atoms with Gasteiger partial charge in [-0.1, -0.05) is 30.3 Å². The summed E-state index contributed by atoms with van der Waals surface area (Å²) in [6, 6.07) is 12.4. The molecule has 27 heavy (non-hydrogen) atoms. The Morgan fingerprint density at radius 2 is 1.93 bits per heavy atom. The monoisotopic (exact) mass is 385 g/mol. The number of thiazole rings is 1. The van der Waals surface area contributed by atoms with Crippen LogP contribution in [-0.4, -0.2) is 15.8 Å². The fourth-order valence-corrected chi connectivity index (χ4v) is 3.62. The second-order valence-electron chi connectivity index (χ2n) is 5.94. The van der Waals surface area contributed by atoms with Crippen molar-refractivity contribution in [2.75, 3.05) is 5.32 Å². The van der Waals surface area contributed by atoms with E-state index >= 15 is 0 Å². The van der Waals surface area contributed by atoms with Gasteiger partial charge in [-0.25, -0.2) is 9.37 Å². The number of para-hydroxylation sites is 1. The molecular weight excluding hydrogens is 369 g/mol. The SMILES string of the molecule is Cc1nc(NC(=O)Cc2ccccc2[N+](=O)[O-])sc1Cc1ccc(F)cc1. The lowest BCUT2D eigenvalue weighted by Gasteiger charge is -2.03. The van der Waals surface area contributed by atoms with Crippen LogP contribution in [0.2, 0.25) is 0 Å². The molecule has 3 rings (SSSR count). The maximum absolute atomic E-state index is 13.0. The molecule has 0 saturated heterocycles. The molecule has 0 saturated carbocycles. The highest BCUT2D eigenvalue weighted by molar-refractivity contribution is 7.15. The molecule has 0 aliphatic carbocycles. The fraction of sp³-hybridized carbons (Fsp3) is 0.158. The lowest BCUT2D eigenvalue weighted by molar-refractivity contribution is -0.385. The third kappa shape index (κ3) is 4.73. The molecule has 0 radical (unpaired) electrons. The van der Waals surface area contributed by atoms with Crippen molar-refractivity contribution in [3.8, 4) is 0 Å². The minimum atomic E-state index is -0.503. The predicted octanol–water partition coefficient (Wildman–Crippen LogP) is 4.27. The number of nitrogens with zero attached hydrogens (tertiary/aromatic N) is 2. The quantitative estimate of drug-likeness (QED) is 0.507. The molecule has 6 nitrogen and oxygen atoms in total. The number of aryl methyl sites for hydroxylation is 1. The van der Waals surface area contributed by atoms with E-state index in [-0.39, 0.29) is 23.8 Å². The fourth-order valence-electron chi connectivity index (χ4n) is 2.61. The van der Waals surface area contributed by atoms with Gasteiger partial charge in [0.25, 0.3) is 5.69 Å². The molecule has 0 aliphatic rings. The second kappa shape index (κ2) is 8.05.